The van der Waals surface area contributed by atoms with Crippen LogP contribution in [0.1, 0.15) is 39.5 Å². The molecule has 7 aliphatic rings. The molecule has 2 heterocycles. The zero-order valence-electron chi connectivity index (χ0n) is 20.1. The van der Waals surface area contributed by atoms with Crippen LogP contribution in [0.5, 0.6) is 0 Å². The van der Waals surface area contributed by atoms with E-state index in [1.165, 1.54) is 0 Å². The second-order valence-corrected chi connectivity index (χ2v) is 12.1. The van der Waals surface area contributed by atoms with Crippen molar-refractivity contribution in [1.82, 2.24) is 4.90 Å². The fourth-order valence-electron chi connectivity index (χ4n) is 11.4. The summed E-state index contributed by atoms with van der Waals surface area (Å²) in [5.41, 5.74) is -1.19. The van der Waals surface area contributed by atoms with Gasteiger partial charge < -0.3 is 28.8 Å². The first-order chi connectivity index (χ1) is 15.4. The highest BCUT2D eigenvalue weighted by Gasteiger charge is 2.93. The van der Waals surface area contributed by atoms with Gasteiger partial charge in [0.2, 0.25) is 0 Å². The van der Waals surface area contributed by atoms with Gasteiger partial charge in [0.15, 0.2) is 0 Å². The Morgan fingerprint density at radius 1 is 1.12 bits per heavy atom. The summed E-state index contributed by atoms with van der Waals surface area (Å²) in [5.74, 6) is 0.828. The van der Waals surface area contributed by atoms with Crippen molar-refractivity contribution in [2.75, 3.05) is 41.2 Å². The zero-order chi connectivity index (χ0) is 22.3. The third kappa shape index (κ3) is 1.80. The summed E-state index contributed by atoms with van der Waals surface area (Å²) in [6.07, 6.45) is 3.54. The molecule has 1 N–H and O–H groups in total. The first-order valence-corrected chi connectivity index (χ1v) is 12.7. The molecule has 7 nitrogen and oxygen atoms in total. The minimum absolute atomic E-state index is 0.0241. The first kappa shape index (κ1) is 21.0. The molecule has 180 valence electrons. The van der Waals surface area contributed by atoms with E-state index in [4.69, 9.17) is 23.7 Å². The molecule has 2 aliphatic heterocycles. The molecular weight excluding hydrogens is 410 g/mol. The average molecular weight is 450 g/mol. The van der Waals surface area contributed by atoms with Crippen molar-refractivity contribution >= 4 is 0 Å². The predicted molar refractivity (Wildman–Crippen MR) is 115 cm³/mol. The van der Waals surface area contributed by atoms with E-state index in [0.29, 0.717) is 11.8 Å². The molecule has 7 rings (SSSR count). The van der Waals surface area contributed by atoms with Crippen LogP contribution in [0.3, 0.4) is 0 Å². The van der Waals surface area contributed by atoms with Gasteiger partial charge in [0, 0.05) is 57.5 Å². The SMILES string of the molecule is CCN1C[C@]2(C)CC[C@H](OC)[C@@]34[C@@H]5C[C@H]6[C@H](O)[C@@H]5[C@@]5(C[C@@H]6OC)OCO[C@]5([C@@H](OC)[C@H]23)[C@@H]14. The van der Waals surface area contributed by atoms with E-state index in [1.54, 1.807) is 7.11 Å². The van der Waals surface area contributed by atoms with E-state index in [9.17, 15) is 5.11 Å². The number of aliphatic hydroxyl groups excluding tert-OH is 1. The summed E-state index contributed by atoms with van der Waals surface area (Å²) in [4.78, 5) is 2.69. The molecule has 0 amide bonds. The lowest BCUT2D eigenvalue weighted by molar-refractivity contribution is -0.281. The second-order valence-electron chi connectivity index (χ2n) is 12.1. The van der Waals surface area contributed by atoms with Gasteiger partial charge in [-0.05, 0) is 37.1 Å². The van der Waals surface area contributed by atoms with Crippen molar-refractivity contribution in [3.63, 3.8) is 0 Å². The summed E-state index contributed by atoms with van der Waals surface area (Å²) >= 11 is 0. The first-order valence-electron chi connectivity index (χ1n) is 12.7. The molecule has 32 heavy (non-hydrogen) atoms. The van der Waals surface area contributed by atoms with Gasteiger partial charge in [-0.3, -0.25) is 4.90 Å². The maximum absolute atomic E-state index is 11.8. The van der Waals surface area contributed by atoms with Crippen LogP contribution in [0.2, 0.25) is 0 Å². The Bertz CT molecular complexity index is 826. The van der Waals surface area contributed by atoms with E-state index in [-0.39, 0.29) is 53.8 Å². The van der Waals surface area contributed by atoms with Crippen molar-refractivity contribution in [3.8, 4) is 0 Å². The van der Waals surface area contributed by atoms with Gasteiger partial charge in [-0.2, -0.15) is 0 Å². The van der Waals surface area contributed by atoms with Crippen LogP contribution in [0.15, 0.2) is 0 Å². The largest absolute Gasteiger partial charge is 0.392 e. The van der Waals surface area contributed by atoms with E-state index in [1.807, 2.05) is 14.2 Å². The second kappa shape index (κ2) is 6.28. The molecule has 3 spiro atoms. The van der Waals surface area contributed by atoms with Crippen LogP contribution in [-0.4, -0.2) is 92.9 Å². The molecule has 0 unspecified atom stereocenters. The van der Waals surface area contributed by atoms with E-state index in [2.05, 4.69) is 18.7 Å². The third-order valence-corrected chi connectivity index (χ3v) is 11.8. The number of hydrogen-bond acceptors (Lipinski definition) is 7. The molecule has 0 radical (unpaired) electrons. The lowest BCUT2D eigenvalue weighted by Gasteiger charge is -2.69. The van der Waals surface area contributed by atoms with E-state index in [0.717, 1.165) is 38.8 Å². The van der Waals surface area contributed by atoms with Crippen LogP contribution < -0.4 is 0 Å². The number of hydrogen-bond donors (Lipinski definition) is 1. The number of likely N-dealkylation sites (N-methyl/N-ethyl adjacent to an activating group) is 1. The van der Waals surface area contributed by atoms with Crippen LogP contribution in [0, 0.1) is 34.5 Å². The number of piperidine rings is 1. The van der Waals surface area contributed by atoms with Crippen LogP contribution in [-0.2, 0) is 23.7 Å². The standard InChI is InChI=1S/C25H39NO6/c1-6-26-11-22(2)8-7-16(29-4)24-14-9-13-15(28-3)10-23(17(14)18(13)27)25(21(24)26,32-12-31-23)20(30-5)19(22)24/h13-21,27H,6-12H2,1-5H3/t13-,14-,15+,16+,17-,18+,19-,20+,21+,22+,23-,24+,25-/m1/s1. The molecule has 5 aliphatic carbocycles. The molecule has 7 heteroatoms. The van der Waals surface area contributed by atoms with Crippen molar-refractivity contribution in [1.29, 1.82) is 0 Å². The highest BCUT2D eigenvalue weighted by Crippen LogP contribution is 2.82. The van der Waals surface area contributed by atoms with Crippen molar-refractivity contribution < 1.29 is 28.8 Å². The van der Waals surface area contributed by atoms with E-state index < -0.39 is 17.3 Å². The van der Waals surface area contributed by atoms with Gasteiger partial charge in [0.05, 0.1) is 30.5 Å². The highest BCUT2D eigenvalue weighted by atomic mass is 16.7. The van der Waals surface area contributed by atoms with Crippen molar-refractivity contribution in [3.05, 3.63) is 0 Å². The number of nitrogens with zero attached hydrogens (tertiary/aromatic N) is 1. The Labute approximate surface area is 191 Å². The third-order valence-electron chi connectivity index (χ3n) is 11.8. The molecule has 0 aromatic carbocycles. The molecule has 5 saturated carbocycles. The van der Waals surface area contributed by atoms with Crippen molar-refractivity contribution in [2.24, 2.45) is 34.5 Å². The number of rotatable bonds is 4. The van der Waals surface area contributed by atoms with Crippen LogP contribution >= 0.6 is 0 Å². The monoisotopic (exact) mass is 449 g/mol. The van der Waals surface area contributed by atoms with E-state index >= 15 is 0 Å². The Morgan fingerprint density at radius 3 is 2.62 bits per heavy atom. The summed E-state index contributed by atoms with van der Waals surface area (Å²) in [6, 6.07) is 0.165. The fraction of sp³-hybridized carbons (Fsp3) is 1.00. The summed E-state index contributed by atoms with van der Waals surface area (Å²) in [6.45, 7) is 7.06. The van der Waals surface area contributed by atoms with Gasteiger partial charge in [-0.1, -0.05) is 13.8 Å². The minimum Gasteiger partial charge on any atom is -0.392 e. The molecule has 7 bridgehead atoms. The van der Waals surface area contributed by atoms with Gasteiger partial charge in [0.1, 0.15) is 18.0 Å². The average Bonchev–Trinajstić information content (AvgIpc) is 3.33. The lowest BCUT2D eigenvalue weighted by Crippen LogP contribution is -2.80. The van der Waals surface area contributed by atoms with Gasteiger partial charge in [-0.25, -0.2) is 0 Å². The quantitative estimate of drug-likeness (QED) is 0.700. The zero-order valence-corrected chi connectivity index (χ0v) is 20.1. The number of methoxy groups -OCH3 is 3. The topological polar surface area (TPSA) is 69.6 Å². The summed E-state index contributed by atoms with van der Waals surface area (Å²) < 4.78 is 32.6. The number of likely N-dealkylation sites (tertiary alicyclic amines) is 1. The normalized spacial score (nSPS) is 64.1. The summed E-state index contributed by atoms with van der Waals surface area (Å²) in [5, 5.41) is 11.8. The fourth-order valence-corrected chi connectivity index (χ4v) is 11.4. The maximum atomic E-state index is 11.8. The number of ether oxygens (including phenoxy) is 5. The van der Waals surface area contributed by atoms with Gasteiger partial charge in [-0.15, -0.1) is 0 Å². The summed E-state index contributed by atoms with van der Waals surface area (Å²) in [7, 11) is 5.55. The van der Waals surface area contributed by atoms with Gasteiger partial charge in [0.25, 0.3) is 0 Å². The smallest absolute Gasteiger partial charge is 0.148 e. The molecule has 2 saturated heterocycles. The number of aliphatic hydroxyl groups is 1. The Hall–Kier alpha value is -0.280. The molecular formula is C25H39NO6. The lowest BCUT2D eigenvalue weighted by atomic mass is 9.43. The Morgan fingerprint density at radius 2 is 1.94 bits per heavy atom. The minimum atomic E-state index is -0.616. The molecule has 7 fully saturated rings. The Kier molecular flexibility index (Phi) is 4.13. The van der Waals surface area contributed by atoms with Crippen LogP contribution in [0.25, 0.3) is 0 Å². The maximum Gasteiger partial charge on any atom is 0.148 e. The molecule has 0 aromatic rings. The highest BCUT2D eigenvalue weighted by molar-refractivity contribution is 5.42. The molecule has 0 aromatic heterocycles. The molecule has 13 atom stereocenters. The Balaban J connectivity index is 1.58. The van der Waals surface area contributed by atoms with Crippen molar-refractivity contribution in [2.45, 2.75) is 81.2 Å². The predicted octanol–water partition coefficient (Wildman–Crippen LogP) is 1.66. The van der Waals surface area contributed by atoms with Gasteiger partial charge >= 0.3 is 0 Å². The number of fused-ring (bicyclic) bond motifs is 1. The van der Waals surface area contributed by atoms with Crippen LogP contribution in [0.4, 0.5) is 0 Å².